The molecule has 0 saturated carbocycles. The van der Waals surface area contributed by atoms with Crippen molar-refractivity contribution in [3.63, 3.8) is 0 Å². The van der Waals surface area contributed by atoms with Crippen molar-refractivity contribution in [1.82, 2.24) is 0 Å². The van der Waals surface area contributed by atoms with Crippen LogP contribution in [0.5, 0.6) is 0 Å². The van der Waals surface area contributed by atoms with Crippen LogP contribution in [-0.2, 0) is 10.0 Å². The first-order valence-electron chi connectivity index (χ1n) is 5.49. The summed E-state index contributed by atoms with van der Waals surface area (Å²) in [7, 11) is -4.08. The van der Waals surface area contributed by atoms with Gasteiger partial charge < -0.3 is 0 Å². The molecule has 3 nitrogen and oxygen atoms in total. The number of nitrogens with one attached hydrogen (secondary N) is 1. The molecule has 108 valence electrons. The SMILES string of the molecule is CCSC(CC(F)(F)F)S(=O)(=O)Nc1ccccc1. The molecule has 1 N–H and O–H groups in total. The normalized spacial score (nSPS) is 14.1. The Morgan fingerprint density at radius 1 is 1.26 bits per heavy atom. The molecule has 19 heavy (non-hydrogen) atoms. The van der Waals surface area contributed by atoms with Gasteiger partial charge in [0.15, 0.2) is 0 Å². The number of sulfonamides is 1. The van der Waals surface area contributed by atoms with Gasteiger partial charge in [-0.05, 0) is 17.9 Å². The van der Waals surface area contributed by atoms with Crippen LogP contribution in [0.2, 0.25) is 0 Å². The Labute approximate surface area is 114 Å². The minimum atomic E-state index is -4.52. The molecule has 8 heteroatoms. The molecule has 0 aliphatic rings. The van der Waals surface area contributed by atoms with Crippen LogP contribution in [0, 0.1) is 0 Å². The molecule has 0 bridgehead atoms. The molecule has 1 atom stereocenters. The Morgan fingerprint density at radius 3 is 2.32 bits per heavy atom. The number of hydrogen-bond donors (Lipinski definition) is 1. The number of benzene rings is 1. The average molecular weight is 313 g/mol. The summed E-state index contributed by atoms with van der Waals surface area (Å²) < 4.78 is 61.7. The molecule has 1 unspecified atom stereocenters. The molecule has 0 aliphatic heterocycles. The van der Waals surface area contributed by atoms with Crippen molar-refractivity contribution in [2.45, 2.75) is 24.1 Å². The van der Waals surface area contributed by atoms with Crippen LogP contribution in [0.1, 0.15) is 13.3 Å². The summed E-state index contributed by atoms with van der Waals surface area (Å²) in [6.07, 6.45) is -5.88. The molecule has 0 saturated heterocycles. The third kappa shape index (κ3) is 5.73. The van der Waals surface area contributed by atoms with Gasteiger partial charge in [-0.15, -0.1) is 11.8 Å². The Bertz CT molecular complexity index is 488. The maximum Gasteiger partial charge on any atom is 0.391 e. The van der Waals surface area contributed by atoms with Crippen LogP contribution in [0.4, 0.5) is 18.9 Å². The molecule has 0 spiro atoms. The smallest absolute Gasteiger partial charge is 0.283 e. The molecule has 0 fully saturated rings. The van der Waals surface area contributed by atoms with Gasteiger partial charge in [0.2, 0.25) is 10.0 Å². The summed E-state index contributed by atoms with van der Waals surface area (Å²) in [4.78, 5) is 0. The Balaban J connectivity index is 2.87. The molecule has 0 radical (unpaired) electrons. The number of halogens is 3. The van der Waals surface area contributed by atoms with Gasteiger partial charge in [0, 0.05) is 5.69 Å². The molecule has 1 rings (SSSR count). The van der Waals surface area contributed by atoms with E-state index in [0.717, 1.165) is 11.8 Å². The summed E-state index contributed by atoms with van der Waals surface area (Å²) in [5.74, 6) is 0.288. The highest BCUT2D eigenvalue weighted by Gasteiger charge is 2.38. The van der Waals surface area contributed by atoms with Gasteiger partial charge in [-0.2, -0.15) is 13.2 Å². The first kappa shape index (κ1) is 16.2. The maximum absolute atomic E-state index is 12.4. The third-order valence-corrected chi connectivity index (χ3v) is 5.55. The van der Waals surface area contributed by atoms with Gasteiger partial charge in [0.25, 0.3) is 0 Å². The number of alkyl halides is 3. The van der Waals surface area contributed by atoms with Gasteiger partial charge in [-0.25, -0.2) is 8.42 Å². The highest BCUT2D eigenvalue weighted by Crippen LogP contribution is 2.31. The second-order valence-electron chi connectivity index (χ2n) is 3.72. The van der Waals surface area contributed by atoms with E-state index < -0.39 is 27.2 Å². The molecule has 0 heterocycles. The van der Waals surface area contributed by atoms with Crippen molar-refractivity contribution >= 4 is 27.5 Å². The van der Waals surface area contributed by atoms with E-state index in [9.17, 15) is 21.6 Å². The highest BCUT2D eigenvalue weighted by molar-refractivity contribution is 8.13. The number of anilines is 1. The van der Waals surface area contributed by atoms with Crippen LogP contribution >= 0.6 is 11.8 Å². The minimum Gasteiger partial charge on any atom is -0.283 e. The van der Waals surface area contributed by atoms with Gasteiger partial charge in [-0.3, -0.25) is 4.72 Å². The van der Waals surface area contributed by atoms with Gasteiger partial charge in [0.05, 0.1) is 6.42 Å². The summed E-state index contributed by atoms with van der Waals surface area (Å²) in [5.41, 5.74) is 0.256. The van der Waals surface area contributed by atoms with E-state index in [-0.39, 0.29) is 11.4 Å². The topological polar surface area (TPSA) is 46.2 Å². The van der Waals surface area contributed by atoms with E-state index >= 15 is 0 Å². The van der Waals surface area contributed by atoms with Gasteiger partial charge in [-0.1, -0.05) is 25.1 Å². The number of hydrogen-bond acceptors (Lipinski definition) is 3. The van der Waals surface area contributed by atoms with Crippen molar-refractivity contribution in [3.8, 4) is 0 Å². The monoisotopic (exact) mass is 313 g/mol. The first-order valence-corrected chi connectivity index (χ1v) is 8.09. The fraction of sp³-hybridized carbons (Fsp3) is 0.455. The second-order valence-corrected chi connectivity index (χ2v) is 7.36. The maximum atomic E-state index is 12.4. The molecule has 1 aromatic rings. The fourth-order valence-corrected chi connectivity index (χ4v) is 4.32. The van der Waals surface area contributed by atoms with E-state index in [4.69, 9.17) is 0 Å². The molecule has 0 amide bonds. The van der Waals surface area contributed by atoms with E-state index in [1.807, 2.05) is 0 Å². The minimum absolute atomic E-state index is 0.256. The standard InChI is InChI=1S/C11H14F3NO2S2/c1-2-18-10(8-11(12,13)14)19(16,17)15-9-6-4-3-5-7-9/h3-7,10,15H,2,8H2,1H3. The predicted octanol–water partition coefficient (Wildman–Crippen LogP) is 3.46. The van der Waals surface area contributed by atoms with Gasteiger partial charge >= 0.3 is 6.18 Å². The van der Waals surface area contributed by atoms with E-state index in [0.29, 0.717) is 0 Å². The van der Waals surface area contributed by atoms with Crippen molar-refractivity contribution in [2.75, 3.05) is 10.5 Å². The van der Waals surface area contributed by atoms with Crippen molar-refractivity contribution in [2.24, 2.45) is 0 Å². The second kappa shape index (κ2) is 6.51. The lowest BCUT2D eigenvalue weighted by atomic mass is 10.3. The molecular formula is C11H14F3NO2S2. The Hall–Kier alpha value is -0.890. The summed E-state index contributed by atoms with van der Waals surface area (Å²) in [5, 5.41) is 0. The van der Waals surface area contributed by atoms with Crippen molar-refractivity contribution < 1.29 is 21.6 Å². The number of rotatable bonds is 6. The van der Waals surface area contributed by atoms with E-state index in [1.165, 1.54) is 12.1 Å². The fourth-order valence-electron chi connectivity index (χ4n) is 1.37. The molecule has 0 aliphatic carbocycles. The zero-order valence-corrected chi connectivity index (χ0v) is 11.8. The van der Waals surface area contributed by atoms with Crippen molar-refractivity contribution in [3.05, 3.63) is 30.3 Å². The Kier molecular flexibility index (Phi) is 5.54. The average Bonchev–Trinajstić information content (AvgIpc) is 2.27. The largest absolute Gasteiger partial charge is 0.391 e. The summed E-state index contributed by atoms with van der Waals surface area (Å²) >= 11 is 0.759. The zero-order chi connectivity index (χ0) is 14.5. The van der Waals surface area contributed by atoms with Crippen LogP contribution in [0.25, 0.3) is 0 Å². The summed E-state index contributed by atoms with van der Waals surface area (Å²) in [6.45, 7) is 1.62. The molecule has 0 aromatic heterocycles. The number of para-hydroxylation sites is 1. The third-order valence-electron chi connectivity index (χ3n) is 2.13. The Morgan fingerprint density at radius 2 is 1.84 bits per heavy atom. The highest BCUT2D eigenvalue weighted by atomic mass is 32.3. The summed E-state index contributed by atoms with van der Waals surface area (Å²) in [6, 6.07) is 7.86. The number of thioether (sulfide) groups is 1. The lowest BCUT2D eigenvalue weighted by Crippen LogP contribution is -2.30. The lowest BCUT2D eigenvalue weighted by molar-refractivity contribution is -0.131. The van der Waals surface area contributed by atoms with Gasteiger partial charge in [0.1, 0.15) is 4.58 Å². The molecular weight excluding hydrogens is 299 g/mol. The van der Waals surface area contributed by atoms with Crippen LogP contribution in [0.3, 0.4) is 0 Å². The van der Waals surface area contributed by atoms with Crippen molar-refractivity contribution in [1.29, 1.82) is 0 Å². The lowest BCUT2D eigenvalue weighted by Gasteiger charge is -2.19. The molecule has 1 aromatic carbocycles. The predicted molar refractivity (Wildman–Crippen MR) is 71.6 cm³/mol. The quantitative estimate of drug-likeness (QED) is 0.875. The first-order chi connectivity index (χ1) is 8.74. The zero-order valence-electron chi connectivity index (χ0n) is 10.1. The van der Waals surface area contributed by atoms with Crippen LogP contribution in [0.15, 0.2) is 30.3 Å². The van der Waals surface area contributed by atoms with Crippen LogP contribution < -0.4 is 4.72 Å². The van der Waals surface area contributed by atoms with E-state index in [1.54, 1.807) is 25.1 Å². The van der Waals surface area contributed by atoms with Crippen LogP contribution in [-0.4, -0.2) is 24.9 Å². The van der Waals surface area contributed by atoms with E-state index in [2.05, 4.69) is 4.72 Å².